The first-order valence-corrected chi connectivity index (χ1v) is 10.5. The van der Waals surface area contributed by atoms with Gasteiger partial charge in [-0.05, 0) is 62.6 Å². The first kappa shape index (κ1) is 20.9. The number of pyridine rings is 1. The number of rotatable bonds is 7. The molecule has 28 heavy (non-hydrogen) atoms. The number of anilines is 1. The molecule has 7 heteroatoms. The molecule has 1 saturated heterocycles. The topological polar surface area (TPSA) is 57.3 Å². The first-order chi connectivity index (χ1) is 13.6. The van der Waals surface area contributed by atoms with Crippen LogP contribution in [0.2, 0.25) is 10.0 Å². The Hall–Kier alpha value is -1.82. The summed E-state index contributed by atoms with van der Waals surface area (Å²) in [6, 6.07) is 11.1. The number of amides is 1. The summed E-state index contributed by atoms with van der Waals surface area (Å²) in [6.45, 7) is 6.14. The van der Waals surface area contributed by atoms with Gasteiger partial charge in [0.1, 0.15) is 5.82 Å². The van der Waals surface area contributed by atoms with Gasteiger partial charge in [-0.1, -0.05) is 29.3 Å². The van der Waals surface area contributed by atoms with Crippen LogP contribution < -0.4 is 10.6 Å². The molecule has 2 aromatic rings. The number of carbonyl (C=O) groups is 1. The fraction of sp³-hybridized carbons (Fsp3) is 0.429. The highest BCUT2D eigenvalue weighted by Crippen LogP contribution is 2.24. The van der Waals surface area contributed by atoms with Gasteiger partial charge in [0.05, 0.1) is 15.7 Å². The number of benzene rings is 1. The molecule has 1 aliphatic heterocycles. The van der Waals surface area contributed by atoms with E-state index in [4.69, 9.17) is 23.2 Å². The molecule has 5 nitrogen and oxygen atoms in total. The zero-order chi connectivity index (χ0) is 19.9. The van der Waals surface area contributed by atoms with Crippen molar-refractivity contribution in [1.29, 1.82) is 0 Å². The largest absolute Gasteiger partial charge is 0.370 e. The summed E-state index contributed by atoms with van der Waals surface area (Å²) >= 11 is 12.0. The van der Waals surface area contributed by atoms with E-state index in [-0.39, 0.29) is 5.91 Å². The number of aromatic nitrogens is 1. The van der Waals surface area contributed by atoms with Gasteiger partial charge in [0.15, 0.2) is 0 Å². The Bertz CT molecular complexity index is 807. The molecule has 0 spiro atoms. The number of piperidine rings is 1. The number of halogens is 2. The Morgan fingerprint density at radius 2 is 1.96 bits per heavy atom. The average molecular weight is 421 g/mol. The van der Waals surface area contributed by atoms with Gasteiger partial charge in [-0.25, -0.2) is 4.98 Å². The fourth-order valence-electron chi connectivity index (χ4n) is 3.41. The van der Waals surface area contributed by atoms with Crippen molar-refractivity contribution in [1.82, 2.24) is 15.2 Å². The molecule has 0 saturated carbocycles. The third kappa shape index (κ3) is 5.60. The van der Waals surface area contributed by atoms with Crippen LogP contribution >= 0.6 is 23.2 Å². The van der Waals surface area contributed by atoms with Gasteiger partial charge in [-0.2, -0.15) is 0 Å². The fourth-order valence-corrected chi connectivity index (χ4v) is 3.71. The Morgan fingerprint density at radius 1 is 1.18 bits per heavy atom. The number of nitrogens with zero attached hydrogens (tertiary/aromatic N) is 2. The van der Waals surface area contributed by atoms with E-state index >= 15 is 0 Å². The van der Waals surface area contributed by atoms with Crippen LogP contribution in [-0.4, -0.2) is 42.0 Å². The monoisotopic (exact) mass is 420 g/mol. The lowest BCUT2D eigenvalue weighted by atomic mass is 9.96. The normalized spacial score (nSPS) is 14.9. The van der Waals surface area contributed by atoms with Crippen molar-refractivity contribution >= 4 is 34.9 Å². The molecule has 1 aliphatic rings. The van der Waals surface area contributed by atoms with Crippen molar-refractivity contribution in [3.05, 3.63) is 57.7 Å². The van der Waals surface area contributed by atoms with Crippen LogP contribution in [0.1, 0.15) is 35.8 Å². The maximum absolute atomic E-state index is 12.6. The Balaban J connectivity index is 1.43. The predicted molar refractivity (Wildman–Crippen MR) is 115 cm³/mol. The van der Waals surface area contributed by atoms with Crippen LogP contribution in [0, 0.1) is 5.92 Å². The average Bonchev–Trinajstić information content (AvgIpc) is 2.71. The van der Waals surface area contributed by atoms with E-state index in [0.29, 0.717) is 21.5 Å². The molecule has 0 radical (unpaired) electrons. The summed E-state index contributed by atoms with van der Waals surface area (Å²) in [5.41, 5.74) is 1.63. The minimum atomic E-state index is 0.0226. The minimum absolute atomic E-state index is 0.0226. The maximum atomic E-state index is 12.6. The Kier molecular flexibility index (Phi) is 7.54. The zero-order valence-electron chi connectivity index (χ0n) is 16.0. The van der Waals surface area contributed by atoms with E-state index < -0.39 is 0 Å². The van der Waals surface area contributed by atoms with Crippen molar-refractivity contribution in [2.75, 3.05) is 31.5 Å². The van der Waals surface area contributed by atoms with Gasteiger partial charge in [-0.3, -0.25) is 4.79 Å². The van der Waals surface area contributed by atoms with Crippen LogP contribution in [0.4, 0.5) is 5.82 Å². The summed E-state index contributed by atoms with van der Waals surface area (Å²) in [6.07, 6.45) is 1.98. The number of likely N-dealkylation sites (tertiary alicyclic amines) is 1. The van der Waals surface area contributed by atoms with E-state index in [9.17, 15) is 4.79 Å². The summed E-state index contributed by atoms with van der Waals surface area (Å²) in [7, 11) is 0. The molecule has 150 valence electrons. The molecule has 0 aliphatic carbocycles. The van der Waals surface area contributed by atoms with Gasteiger partial charge in [-0.15, -0.1) is 0 Å². The van der Waals surface area contributed by atoms with Gasteiger partial charge in [0.25, 0.3) is 5.91 Å². The molecule has 2 N–H and O–H groups in total. The lowest BCUT2D eigenvalue weighted by Crippen LogP contribution is -2.40. The third-order valence-electron chi connectivity index (χ3n) is 4.97. The van der Waals surface area contributed by atoms with Gasteiger partial charge < -0.3 is 15.5 Å². The second kappa shape index (κ2) is 10.1. The molecule has 1 aromatic carbocycles. The molecule has 1 fully saturated rings. The maximum Gasteiger partial charge on any atom is 0.253 e. The van der Waals surface area contributed by atoms with Gasteiger partial charge in [0, 0.05) is 31.7 Å². The van der Waals surface area contributed by atoms with E-state index in [1.165, 1.54) is 0 Å². The summed E-state index contributed by atoms with van der Waals surface area (Å²) in [4.78, 5) is 19.1. The lowest BCUT2D eigenvalue weighted by molar-refractivity contribution is 0.0690. The first-order valence-electron chi connectivity index (χ1n) is 9.71. The molecule has 3 rings (SSSR count). The number of carbonyl (C=O) groups excluding carboxylic acids is 1. The summed E-state index contributed by atoms with van der Waals surface area (Å²) in [5.74, 6) is 1.50. The van der Waals surface area contributed by atoms with Gasteiger partial charge in [0.2, 0.25) is 0 Å². The SMILES string of the molecule is CCNc1cccc(CNCC2CCN(C(=O)c3ccc(Cl)c(Cl)c3)CC2)n1. The van der Waals surface area contributed by atoms with Crippen LogP contribution in [0.15, 0.2) is 36.4 Å². The summed E-state index contributed by atoms with van der Waals surface area (Å²) in [5, 5.41) is 7.62. The highest BCUT2D eigenvalue weighted by atomic mass is 35.5. The van der Waals surface area contributed by atoms with Crippen molar-refractivity contribution in [2.45, 2.75) is 26.3 Å². The quantitative estimate of drug-likeness (QED) is 0.693. The number of hydrogen-bond acceptors (Lipinski definition) is 4. The smallest absolute Gasteiger partial charge is 0.253 e. The second-order valence-electron chi connectivity index (χ2n) is 7.04. The zero-order valence-corrected chi connectivity index (χ0v) is 17.6. The van der Waals surface area contributed by atoms with E-state index in [1.54, 1.807) is 18.2 Å². The Morgan fingerprint density at radius 3 is 2.68 bits per heavy atom. The molecule has 1 amide bonds. The van der Waals surface area contributed by atoms with Crippen molar-refractivity contribution in [2.24, 2.45) is 5.92 Å². The number of nitrogens with one attached hydrogen (secondary N) is 2. The van der Waals surface area contributed by atoms with E-state index in [1.807, 2.05) is 23.1 Å². The number of hydrogen-bond donors (Lipinski definition) is 2. The van der Waals surface area contributed by atoms with Crippen LogP contribution in [0.3, 0.4) is 0 Å². The third-order valence-corrected chi connectivity index (χ3v) is 5.71. The van der Waals surface area contributed by atoms with Gasteiger partial charge >= 0.3 is 0 Å². The second-order valence-corrected chi connectivity index (χ2v) is 7.85. The highest BCUT2D eigenvalue weighted by Gasteiger charge is 2.23. The minimum Gasteiger partial charge on any atom is -0.370 e. The Labute approximate surface area is 176 Å². The van der Waals surface area contributed by atoms with E-state index in [2.05, 4.69) is 22.5 Å². The van der Waals surface area contributed by atoms with E-state index in [0.717, 1.165) is 57.1 Å². The van der Waals surface area contributed by atoms with Crippen molar-refractivity contribution in [3.63, 3.8) is 0 Å². The van der Waals surface area contributed by atoms with Crippen molar-refractivity contribution < 1.29 is 4.79 Å². The molecule has 1 aromatic heterocycles. The summed E-state index contributed by atoms with van der Waals surface area (Å²) < 4.78 is 0. The molecular formula is C21H26Cl2N4O. The highest BCUT2D eigenvalue weighted by molar-refractivity contribution is 6.42. The van der Waals surface area contributed by atoms with Crippen molar-refractivity contribution in [3.8, 4) is 0 Å². The molecule has 0 atom stereocenters. The van der Waals surface area contributed by atoms with Crippen LogP contribution in [-0.2, 0) is 6.54 Å². The van der Waals surface area contributed by atoms with Crippen LogP contribution in [0.5, 0.6) is 0 Å². The molecular weight excluding hydrogens is 395 g/mol. The standard InChI is InChI=1S/C21H26Cl2N4O/c1-2-25-20-5-3-4-17(26-20)14-24-13-15-8-10-27(11-9-15)21(28)16-6-7-18(22)19(23)12-16/h3-7,12,15,24H,2,8-11,13-14H2,1H3,(H,25,26). The molecule has 2 heterocycles. The molecule has 0 bridgehead atoms. The predicted octanol–water partition coefficient (Wildman–Crippen LogP) is 4.46. The van der Waals surface area contributed by atoms with Crippen LogP contribution in [0.25, 0.3) is 0 Å². The lowest BCUT2D eigenvalue weighted by Gasteiger charge is -2.32. The molecule has 0 unspecified atom stereocenters.